The molecule has 0 spiro atoms. The van der Waals surface area contributed by atoms with Gasteiger partial charge in [0.15, 0.2) is 0 Å². The van der Waals surface area contributed by atoms with E-state index < -0.39 is 0 Å². The van der Waals surface area contributed by atoms with Crippen LogP contribution in [0.5, 0.6) is 0 Å². The lowest BCUT2D eigenvalue weighted by Gasteiger charge is -2.13. The molecule has 1 unspecified atom stereocenters. The topological polar surface area (TPSA) is 25.2 Å². The molecule has 0 radical (unpaired) electrons. The lowest BCUT2D eigenvalue weighted by Crippen LogP contribution is -2.20. The van der Waals surface area contributed by atoms with E-state index in [1.165, 1.54) is 15.3 Å². The van der Waals surface area contributed by atoms with Crippen LogP contribution in [0.3, 0.4) is 0 Å². The summed E-state index contributed by atoms with van der Waals surface area (Å²) in [6.45, 7) is 9.37. The Bertz CT molecular complexity index is 493. The summed E-state index contributed by atoms with van der Waals surface area (Å²) in [5.74, 6) is 2.04. The Morgan fingerprint density at radius 2 is 2.06 bits per heavy atom. The average molecular weight is 263 g/mol. The van der Waals surface area contributed by atoms with Crippen LogP contribution >= 0.6 is 11.3 Å². The molecule has 2 rings (SSSR count). The van der Waals surface area contributed by atoms with Gasteiger partial charge in [0, 0.05) is 9.75 Å². The first kappa shape index (κ1) is 13.4. The molecule has 0 amide bonds. The average Bonchev–Trinajstić information content (AvgIpc) is 2.94. The molecule has 2 aromatic heterocycles. The van der Waals surface area contributed by atoms with Crippen LogP contribution in [0.25, 0.3) is 0 Å². The number of nitrogens with one attached hydrogen (secondary N) is 1. The van der Waals surface area contributed by atoms with Crippen LogP contribution in [0, 0.1) is 13.8 Å². The summed E-state index contributed by atoms with van der Waals surface area (Å²) in [5.41, 5.74) is 1.22. The second-order valence-electron chi connectivity index (χ2n) is 4.54. The fraction of sp³-hybridized carbons (Fsp3) is 0.467. The van der Waals surface area contributed by atoms with Gasteiger partial charge in [-0.05, 0) is 50.6 Å². The highest BCUT2D eigenvalue weighted by Gasteiger charge is 2.19. The minimum Gasteiger partial charge on any atom is -0.464 e. The quantitative estimate of drug-likeness (QED) is 0.873. The molecule has 0 fully saturated rings. The lowest BCUT2D eigenvalue weighted by atomic mass is 10.1. The molecule has 0 bridgehead atoms. The highest BCUT2D eigenvalue weighted by atomic mass is 32.1. The minimum atomic E-state index is 0.188. The molecule has 0 saturated heterocycles. The van der Waals surface area contributed by atoms with Gasteiger partial charge in [-0.25, -0.2) is 0 Å². The zero-order valence-corrected chi connectivity index (χ0v) is 12.4. The number of thiophene rings is 1. The maximum absolute atomic E-state index is 5.87. The molecule has 2 nitrogen and oxygen atoms in total. The summed E-state index contributed by atoms with van der Waals surface area (Å²) in [7, 11) is 0. The molecule has 2 aromatic rings. The molecule has 3 heteroatoms. The molecule has 1 atom stereocenters. The minimum absolute atomic E-state index is 0.188. The fourth-order valence-corrected chi connectivity index (χ4v) is 3.07. The lowest BCUT2D eigenvalue weighted by molar-refractivity contribution is 0.437. The van der Waals surface area contributed by atoms with Crippen molar-refractivity contribution in [2.45, 2.75) is 40.2 Å². The molecule has 0 aliphatic rings. The van der Waals surface area contributed by atoms with Crippen molar-refractivity contribution in [3.63, 3.8) is 0 Å². The van der Waals surface area contributed by atoms with Crippen LogP contribution in [0.1, 0.15) is 46.7 Å². The van der Waals surface area contributed by atoms with Gasteiger partial charge in [-0.1, -0.05) is 13.8 Å². The monoisotopic (exact) mass is 263 g/mol. The van der Waals surface area contributed by atoms with E-state index in [2.05, 4.69) is 44.3 Å². The van der Waals surface area contributed by atoms with Gasteiger partial charge in [0.05, 0.1) is 0 Å². The Morgan fingerprint density at radius 1 is 1.28 bits per heavy atom. The first-order valence-corrected chi connectivity index (χ1v) is 7.36. The van der Waals surface area contributed by atoms with Gasteiger partial charge < -0.3 is 9.73 Å². The molecule has 0 aliphatic heterocycles. The Balaban J connectivity index is 2.32. The molecule has 0 aliphatic carbocycles. The summed E-state index contributed by atoms with van der Waals surface area (Å²) in [5, 5.41) is 3.51. The summed E-state index contributed by atoms with van der Waals surface area (Å²) in [4.78, 5) is 2.76. The number of aryl methyl sites for hydroxylation is 3. The zero-order chi connectivity index (χ0) is 13.1. The van der Waals surface area contributed by atoms with Crippen LogP contribution in [0.2, 0.25) is 0 Å². The van der Waals surface area contributed by atoms with Crippen molar-refractivity contribution in [1.29, 1.82) is 0 Å². The number of hydrogen-bond acceptors (Lipinski definition) is 3. The van der Waals surface area contributed by atoms with E-state index >= 15 is 0 Å². The molecule has 2 heterocycles. The summed E-state index contributed by atoms with van der Waals surface area (Å²) in [6.07, 6.45) is 1.10. The summed E-state index contributed by atoms with van der Waals surface area (Å²) >= 11 is 1.87. The molecule has 18 heavy (non-hydrogen) atoms. The van der Waals surface area contributed by atoms with Crippen molar-refractivity contribution in [3.8, 4) is 0 Å². The van der Waals surface area contributed by atoms with Crippen molar-refractivity contribution in [2.24, 2.45) is 0 Å². The number of rotatable bonds is 5. The van der Waals surface area contributed by atoms with E-state index in [1.807, 2.05) is 18.3 Å². The number of furan rings is 1. The van der Waals surface area contributed by atoms with Crippen molar-refractivity contribution in [3.05, 3.63) is 45.0 Å². The van der Waals surface area contributed by atoms with Crippen LogP contribution in [-0.2, 0) is 6.42 Å². The van der Waals surface area contributed by atoms with E-state index in [9.17, 15) is 0 Å². The fourth-order valence-electron chi connectivity index (χ4n) is 2.03. The van der Waals surface area contributed by atoms with E-state index in [0.29, 0.717) is 0 Å². The summed E-state index contributed by atoms with van der Waals surface area (Å²) < 4.78 is 5.87. The second kappa shape index (κ2) is 5.72. The van der Waals surface area contributed by atoms with Gasteiger partial charge in [0.2, 0.25) is 0 Å². The molecule has 0 saturated carbocycles. The number of hydrogen-bond donors (Lipinski definition) is 1. The highest BCUT2D eigenvalue weighted by Crippen LogP contribution is 2.31. The van der Waals surface area contributed by atoms with E-state index in [4.69, 9.17) is 4.42 Å². The SMILES string of the molecule is CCNC(c1cc(C)c(C)o1)c1ccc(CC)s1. The van der Waals surface area contributed by atoms with Gasteiger partial charge in [0.25, 0.3) is 0 Å². The first-order chi connectivity index (χ1) is 8.65. The van der Waals surface area contributed by atoms with Crippen LogP contribution in [0.15, 0.2) is 22.6 Å². The van der Waals surface area contributed by atoms with Crippen LogP contribution < -0.4 is 5.32 Å². The molecule has 0 aromatic carbocycles. The third-order valence-electron chi connectivity index (χ3n) is 3.19. The van der Waals surface area contributed by atoms with Crippen molar-refractivity contribution in [2.75, 3.05) is 6.54 Å². The molecular weight excluding hydrogens is 242 g/mol. The Labute approximate surface area is 113 Å². The van der Waals surface area contributed by atoms with Crippen molar-refractivity contribution < 1.29 is 4.42 Å². The van der Waals surface area contributed by atoms with Crippen LogP contribution in [0.4, 0.5) is 0 Å². The molecule has 1 N–H and O–H groups in total. The zero-order valence-electron chi connectivity index (χ0n) is 11.5. The maximum atomic E-state index is 5.87. The smallest absolute Gasteiger partial charge is 0.126 e. The van der Waals surface area contributed by atoms with Gasteiger partial charge in [-0.15, -0.1) is 11.3 Å². The van der Waals surface area contributed by atoms with Crippen LogP contribution in [-0.4, -0.2) is 6.54 Å². The Kier molecular flexibility index (Phi) is 4.25. The molecule has 98 valence electrons. The van der Waals surface area contributed by atoms with Gasteiger partial charge in [0.1, 0.15) is 17.6 Å². The normalized spacial score (nSPS) is 12.9. The largest absolute Gasteiger partial charge is 0.464 e. The third kappa shape index (κ3) is 2.68. The Hall–Kier alpha value is -1.06. The predicted molar refractivity (Wildman–Crippen MR) is 77.4 cm³/mol. The van der Waals surface area contributed by atoms with Gasteiger partial charge in [-0.3, -0.25) is 0 Å². The standard InChI is InChI=1S/C15H21NOS/c1-5-12-7-8-14(18-12)15(16-6-2)13-9-10(3)11(4)17-13/h7-9,15-16H,5-6H2,1-4H3. The third-order valence-corrected chi connectivity index (χ3v) is 4.49. The van der Waals surface area contributed by atoms with E-state index in [1.54, 1.807) is 0 Å². The van der Waals surface area contributed by atoms with Gasteiger partial charge in [-0.2, -0.15) is 0 Å². The molecular formula is C15H21NOS. The Morgan fingerprint density at radius 3 is 2.56 bits per heavy atom. The predicted octanol–water partition coefficient (Wildman–Crippen LogP) is 4.22. The first-order valence-electron chi connectivity index (χ1n) is 6.54. The van der Waals surface area contributed by atoms with E-state index in [-0.39, 0.29) is 6.04 Å². The van der Waals surface area contributed by atoms with Gasteiger partial charge >= 0.3 is 0 Å². The van der Waals surface area contributed by atoms with Crippen molar-refractivity contribution >= 4 is 11.3 Å². The van der Waals surface area contributed by atoms with E-state index in [0.717, 1.165) is 24.5 Å². The van der Waals surface area contributed by atoms with Crippen molar-refractivity contribution in [1.82, 2.24) is 5.32 Å². The maximum Gasteiger partial charge on any atom is 0.126 e. The second-order valence-corrected chi connectivity index (χ2v) is 5.74. The highest BCUT2D eigenvalue weighted by molar-refractivity contribution is 7.12. The summed E-state index contributed by atoms with van der Waals surface area (Å²) in [6, 6.07) is 6.76.